The highest BCUT2D eigenvalue weighted by Gasteiger charge is 2.11. The average Bonchev–Trinajstić information content (AvgIpc) is 2.92. The van der Waals surface area contributed by atoms with Crippen molar-refractivity contribution in [3.63, 3.8) is 0 Å². The molecule has 7 heteroatoms. The third kappa shape index (κ3) is 2.79. The maximum absolute atomic E-state index is 13.8. The Morgan fingerprint density at radius 2 is 2.14 bits per heavy atom. The van der Waals surface area contributed by atoms with E-state index in [-0.39, 0.29) is 0 Å². The van der Waals surface area contributed by atoms with Crippen LogP contribution in [-0.4, -0.2) is 23.0 Å². The van der Waals surface area contributed by atoms with E-state index in [9.17, 15) is 4.39 Å². The van der Waals surface area contributed by atoms with E-state index in [1.807, 2.05) is 18.2 Å². The molecule has 2 heterocycles. The number of aromatic nitrogens is 2. The zero-order chi connectivity index (χ0) is 14.8. The maximum atomic E-state index is 13.8. The van der Waals surface area contributed by atoms with Gasteiger partial charge in [-0.2, -0.15) is 17.0 Å². The molecule has 0 saturated heterocycles. The summed E-state index contributed by atoms with van der Waals surface area (Å²) in [5.74, 6) is 0.558. The van der Waals surface area contributed by atoms with Crippen LogP contribution in [0.4, 0.5) is 10.1 Å². The van der Waals surface area contributed by atoms with Gasteiger partial charge in [0, 0.05) is 0 Å². The molecular formula is C14H12FN3OS2. The fraction of sp³-hybridized carbons (Fsp3) is 0.143. The van der Waals surface area contributed by atoms with Gasteiger partial charge in [-0.05, 0) is 30.3 Å². The molecule has 0 fully saturated rings. The number of thiol groups is 1. The van der Waals surface area contributed by atoms with Crippen molar-refractivity contribution < 1.29 is 9.13 Å². The number of halogens is 1. The summed E-state index contributed by atoms with van der Waals surface area (Å²) in [7, 11) is 1.62. The van der Waals surface area contributed by atoms with Crippen LogP contribution in [0.1, 0.15) is 0 Å². The van der Waals surface area contributed by atoms with Gasteiger partial charge in [0.05, 0.1) is 28.9 Å². The lowest BCUT2D eigenvalue weighted by Gasteiger charge is -2.04. The van der Waals surface area contributed by atoms with Gasteiger partial charge in [-0.3, -0.25) is 0 Å². The lowest BCUT2D eigenvalue weighted by atomic mass is 10.3. The summed E-state index contributed by atoms with van der Waals surface area (Å²) in [6.07, 6.45) is 0. The molecule has 0 unspecified atom stereocenters. The van der Waals surface area contributed by atoms with Crippen LogP contribution >= 0.6 is 24.0 Å². The quantitative estimate of drug-likeness (QED) is 0.436. The summed E-state index contributed by atoms with van der Waals surface area (Å²) in [6.45, 7) is 0. The number of thiazole rings is 1. The number of rotatable bonds is 4. The van der Waals surface area contributed by atoms with E-state index in [0.717, 1.165) is 16.0 Å². The van der Waals surface area contributed by atoms with Gasteiger partial charge in [0.1, 0.15) is 16.5 Å². The molecule has 21 heavy (non-hydrogen) atoms. The topological polar surface area (TPSA) is 47.0 Å². The summed E-state index contributed by atoms with van der Waals surface area (Å²) in [5, 5.41) is 3.46. The van der Waals surface area contributed by atoms with Crippen LogP contribution in [0.5, 0.6) is 5.75 Å². The van der Waals surface area contributed by atoms with Gasteiger partial charge in [0.15, 0.2) is 0 Å². The molecule has 2 aromatic heterocycles. The molecule has 0 aliphatic carbocycles. The molecule has 108 valence electrons. The number of anilines is 1. The minimum Gasteiger partial charge on any atom is -0.497 e. The van der Waals surface area contributed by atoms with Crippen LogP contribution in [0.25, 0.3) is 20.9 Å². The lowest BCUT2D eigenvalue weighted by molar-refractivity contribution is 0.415. The molecule has 1 N–H and O–H groups in total. The van der Waals surface area contributed by atoms with Crippen LogP contribution < -0.4 is 10.1 Å². The second kappa shape index (κ2) is 5.87. The molecule has 3 rings (SSSR count). The molecule has 0 saturated carbocycles. The number of pyridine rings is 1. The van der Waals surface area contributed by atoms with Crippen LogP contribution in [0.3, 0.4) is 0 Å². The van der Waals surface area contributed by atoms with E-state index in [4.69, 9.17) is 4.74 Å². The van der Waals surface area contributed by atoms with Crippen LogP contribution in [0.2, 0.25) is 0 Å². The van der Waals surface area contributed by atoms with Crippen LogP contribution in [0.15, 0.2) is 30.3 Å². The van der Waals surface area contributed by atoms with Crippen molar-refractivity contribution in [2.75, 3.05) is 18.3 Å². The molecule has 0 aliphatic heterocycles. The summed E-state index contributed by atoms with van der Waals surface area (Å²) < 4.78 is 20.0. The Hall–Kier alpha value is -1.86. The predicted molar refractivity (Wildman–Crippen MR) is 86.8 cm³/mol. The summed E-state index contributed by atoms with van der Waals surface area (Å²) in [5.41, 5.74) is 1.68. The fourth-order valence-corrected chi connectivity index (χ4v) is 3.05. The molecule has 3 aromatic rings. The Morgan fingerprint density at radius 1 is 1.29 bits per heavy atom. The van der Waals surface area contributed by atoms with E-state index in [1.54, 1.807) is 19.2 Å². The highest BCUT2D eigenvalue weighted by molar-refractivity contribution is 7.80. The second-order valence-electron chi connectivity index (χ2n) is 4.22. The van der Waals surface area contributed by atoms with E-state index in [1.165, 1.54) is 11.3 Å². The molecule has 0 atom stereocenters. The minimum absolute atomic E-state index is 0.330. The Bertz CT molecular complexity index is 791. The van der Waals surface area contributed by atoms with Gasteiger partial charge in [0.2, 0.25) is 5.95 Å². The van der Waals surface area contributed by atoms with Crippen molar-refractivity contribution in [1.29, 1.82) is 0 Å². The summed E-state index contributed by atoms with van der Waals surface area (Å²) in [4.78, 5) is 8.43. The smallest absolute Gasteiger partial charge is 0.236 e. The standard InChI is InChI=1S/C14H12FN3OS2/c1-19-8-2-3-9-12(6-8)21-14(18-9)11-5-4-10(16-7-20)13(15)17-11/h2-6,16,20H,7H2,1H3. The van der Waals surface area contributed by atoms with Crippen molar-refractivity contribution in [2.24, 2.45) is 0 Å². The Kier molecular flexibility index (Phi) is 3.94. The number of hydrogen-bond acceptors (Lipinski definition) is 6. The van der Waals surface area contributed by atoms with Crippen molar-refractivity contribution in [1.82, 2.24) is 9.97 Å². The van der Waals surface area contributed by atoms with Crippen molar-refractivity contribution in [2.45, 2.75) is 0 Å². The third-order valence-electron chi connectivity index (χ3n) is 2.93. The van der Waals surface area contributed by atoms with E-state index >= 15 is 0 Å². The van der Waals surface area contributed by atoms with Crippen LogP contribution in [-0.2, 0) is 0 Å². The largest absolute Gasteiger partial charge is 0.497 e. The first-order valence-corrected chi connectivity index (χ1v) is 7.62. The molecule has 0 aliphatic rings. The first kappa shape index (κ1) is 14.1. The molecule has 0 amide bonds. The maximum Gasteiger partial charge on any atom is 0.236 e. The molecule has 4 nitrogen and oxygen atoms in total. The minimum atomic E-state index is -0.557. The van der Waals surface area contributed by atoms with E-state index in [2.05, 4.69) is 27.9 Å². The first-order chi connectivity index (χ1) is 10.2. The van der Waals surface area contributed by atoms with Gasteiger partial charge >= 0.3 is 0 Å². The Balaban J connectivity index is 2.01. The van der Waals surface area contributed by atoms with Gasteiger partial charge in [-0.1, -0.05) is 0 Å². The third-order valence-corrected chi connectivity index (χ3v) is 4.13. The Labute approximate surface area is 130 Å². The molecule has 0 spiro atoms. The van der Waals surface area contributed by atoms with Gasteiger partial charge in [-0.15, -0.1) is 11.3 Å². The predicted octanol–water partition coefficient (Wildman–Crippen LogP) is 3.81. The number of hydrogen-bond donors (Lipinski definition) is 2. The molecule has 0 radical (unpaired) electrons. The van der Waals surface area contributed by atoms with Crippen molar-refractivity contribution >= 4 is 39.9 Å². The number of methoxy groups -OCH3 is 1. The van der Waals surface area contributed by atoms with E-state index < -0.39 is 5.95 Å². The number of nitrogens with zero attached hydrogens (tertiary/aromatic N) is 2. The number of benzene rings is 1. The van der Waals surface area contributed by atoms with Gasteiger partial charge in [-0.25, -0.2) is 9.97 Å². The number of nitrogens with one attached hydrogen (secondary N) is 1. The van der Waals surface area contributed by atoms with Crippen molar-refractivity contribution in [3.05, 3.63) is 36.3 Å². The molecule has 1 aromatic carbocycles. The van der Waals surface area contributed by atoms with Crippen LogP contribution in [0, 0.1) is 5.95 Å². The van der Waals surface area contributed by atoms with Crippen molar-refractivity contribution in [3.8, 4) is 16.5 Å². The Morgan fingerprint density at radius 3 is 2.86 bits per heavy atom. The van der Waals surface area contributed by atoms with Gasteiger partial charge in [0.25, 0.3) is 0 Å². The first-order valence-electron chi connectivity index (χ1n) is 6.17. The van der Waals surface area contributed by atoms with E-state index in [0.29, 0.717) is 22.3 Å². The zero-order valence-corrected chi connectivity index (χ0v) is 12.8. The summed E-state index contributed by atoms with van der Waals surface area (Å²) >= 11 is 5.45. The van der Waals surface area contributed by atoms with Gasteiger partial charge < -0.3 is 10.1 Å². The average molecular weight is 321 g/mol. The zero-order valence-electron chi connectivity index (χ0n) is 11.1. The lowest BCUT2D eigenvalue weighted by Crippen LogP contribution is -2.00. The normalized spacial score (nSPS) is 10.8. The molecule has 0 bridgehead atoms. The fourth-order valence-electron chi connectivity index (χ4n) is 1.91. The second-order valence-corrected chi connectivity index (χ2v) is 5.57. The molecular weight excluding hydrogens is 309 g/mol. The SMILES string of the molecule is COc1ccc2nc(-c3ccc(NCS)c(F)n3)sc2c1. The highest BCUT2D eigenvalue weighted by Crippen LogP contribution is 2.32. The summed E-state index contributed by atoms with van der Waals surface area (Å²) in [6, 6.07) is 9.01. The number of fused-ring (bicyclic) bond motifs is 1. The monoisotopic (exact) mass is 321 g/mol. The highest BCUT2D eigenvalue weighted by atomic mass is 32.1. The number of ether oxygens (including phenoxy) is 1.